The largest absolute Gasteiger partial charge is 0.497 e. The van der Waals surface area contributed by atoms with Crippen molar-refractivity contribution in [2.45, 2.75) is 62.9 Å². The zero-order valence-corrected chi connectivity index (χ0v) is 18.5. The highest BCUT2D eigenvalue weighted by Gasteiger charge is 2.40. The van der Waals surface area contributed by atoms with Crippen LogP contribution in [0.2, 0.25) is 0 Å². The van der Waals surface area contributed by atoms with E-state index < -0.39 is 0 Å². The summed E-state index contributed by atoms with van der Waals surface area (Å²) in [6.45, 7) is 2.07. The fourth-order valence-corrected chi connectivity index (χ4v) is 6.00. The number of nitrogens with one attached hydrogen (secondary N) is 1. The number of ether oxygens (including phenoxy) is 1. The molecule has 164 valence electrons. The molecule has 5 nitrogen and oxygen atoms in total. The summed E-state index contributed by atoms with van der Waals surface area (Å²) in [6, 6.07) is 17.3. The molecule has 31 heavy (non-hydrogen) atoms. The van der Waals surface area contributed by atoms with Crippen molar-refractivity contribution in [1.29, 1.82) is 0 Å². The number of piperidine rings is 1. The maximum absolute atomic E-state index is 12.8. The molecule has 1 aliphatic heterocycles. The quantitative estimate of drug-likeness (QED) is 0.590. The second-order valence-electron chi connectivity index (χ2n) is 9.21. The number of likely N-dealkylation sites (tertiary alicyclic amines) is 1. The average molecular weight is 420 g/mol. The van der Waals surface area contributed by atoms with E-state index in [1.54, 1.807) is 7.11 Å². The van der Waals surface area contributed by atoms with Crippen LogP contribution in [0.1, 0.15) is 63.0 Å². The Labute approximate surface area is 184 Å². The van der Waals surface area contributed by atoms with Gasteiger partial charge in [0.1, 0.15) is 5.75 Å². The molecule has 2 aromatic carbocycles. The van der Waals surface area contributed by atoms with Gasteiger partial charge in [-0.25, -0.2) is 4.79 Å². The standard InChI is InChI=1S/C26H33N3O2/c1-31-22-11-12-24-23(19-22)27-25(30)29(24)21-13-17-28(18-14-21)26(15-7-2-3-8-16-26)20-9-5-4-6-10-20/h4-6,9-12,19,21H,2-3,7-8,13-18H2,1H3,(H,27,30). The molecule has 5 heteroatoms. The molecule has 1 saturated carbocycles. The molecule has 0 bridgehead atoms. The van der Waals surface area contributed by atoms with Gasteiger partial charge in [-0.3, -0.25) is 9.47 Å². The molecular formula is C26H33N3O2. The smallest absolute Gasteiger partial charge is 0.326 e. The van der Waals surface area contributed by atoms with E-state index in [-0.39, 0.29) is 17.3 Å². The molecule has 2 fully saturated rings. The van der Waals surface area contributed by atoms with Gasteiger partial charge in [-0.05, 0) is 43.4 Å². The topological polar surface area (TPSA) is 50.3 Å². The number of benzene rings is 2. The van der Waals surface area contributed by atoms with Crippen molar-refractivity contribution < 1.29 is 4.74 Å². The normalized spacial score (nSPS) is 20.5. The number of imidazole rings is 1. The van der Waals surface area contributed by atoms with Crippen LogP contribution < -0.4 is 10.4 Å². The predicted octanol–water partition coefficient (Wildman–Crippen LogP) is 5.22. The third-order valence-corrected chi connectivity index (χ3v) is 7.60. The molecule has 1 saturated heterocycles. The minimum absolute atomic E-state index is 0.00561. The SMILES string of the molecule is COc1ccc2c(c1)[nH]c(=O)n2C1CCN(C2(c3ccccc3)CCCCCC2)CC1. The Kier molecular flexibility index (Phi) is 5.61. The second-order valence-corrected chi connectivity index (χ2v) is 9.21. The molecule has 0 spiro atoms. The first kappa shape index (κ1) is 20.4. The van der Waals surface area contributed by atoms with Gasteiger partial charge in [0, 0.05) is 30.7 Å². The Morgan fingerprint density at radius 1 is 0.968 bits per heavy atom. The molecule has 0 amide bonds. The number of aromatic nitrogens is 2. The summed E-state index contributed by atoms with van der Waals surface area (Å²) in [4.78, 5) is 18.6. The van der Waals surface area contributed by atoms with Crippen LogP contribution in [0.25, 0.3) is 11.0 Å². The van der Waals surface area contributed by atoms with E-state index in [4.69, 9.17) is 4.74 Å². The third kappa shape index (κ3) is 3.69. The van der Waals surface area contributed by atoms with E-state index in [0.29, 0.717) is 0 Å². The fraction of sp³-hybridized carbons (Fsp3) is 0.500. The molecule has 0 atom stereocenters. The van der Waals surface area contributed by atoms with Crippen LogP contribution in [0, 0.1) is 0 Å². The zero-order valence-electron chi connectivity index (χ0n) is 18.5. The summed E-state index contributed by atoms with van der Waals surface area (Å²) >= 11 is 0. The first-order chi connectivity index (χ1) is 15.2. The number of hydrogen-bond donors (Lipinski definition) is 1. The number of methoxy groups -OCH3 is 1. The highest BCUT2D eigenvalue weighted by molar-refractivity contribution is 5.77. The van der Waals surface area contributed by atoms with Crippen LogP contribution in [0.15, 0.2) is 53.3 Å². The molecule has 3 aromatic rings. The molecule has 1 aliphatic carbocycles. The van der Waals surface area contributed by atoms with E-state index in [1.165, 1.54) is 44.1 Å². The lowest BCUT2D eigenvalue weighted by Gasteiger charge is -2.47. The van der Waals surface area contributed by atoms with E-state index >= 15 is 0 Å². The Morgan fingerprint density at radius 3 is 2.35 bits per heavy atom. The summed E-state index contributed by atoms with van der Waals surface area (Å²) in [5.74, 6) is 0.772. The van der Waals surface area contributed by atoms with Crippen LogP contribution in [0.4, 0.5) is 0 Å². The van der Waals surface area contributed by atoms with Crippen molar-refractivity contribution in [3.8, 4) is 5.75 Å². The van der Waals surface area contributed by atoms with Gasteiger partial charge >= 0.3 is 5.69 Å². The van der Waals surface area contributed by atoms with Crippen molar-refractivity contribution in [1.82, 2.24) is 14.5 Å². The highest BCUT2D eigenvalue weighted by Crippen LogP contribution is 2.43. The number of aromatic amines is 1. The monoisotopic (exact) mass is 419 g/mol. The molecule has 1 aromatic heterocycles. The van der Waals surface area contributed by atoms with Gasteiger partial charge in [0.15, 0.2) is 0 Å². The lowest BCUT2D eigenvalue weighted by Crippen LogP contribution is -2.50. The lowest BCUT2D eigenvalue weighted by atomic mass is 9.79. The molecule has 5 rings (SSSR count). The van der Waals surface area contributed by atoms with Crippen molar-refractivity contribution in [2.24, 2.45) is 0 Å². The number of nitrogens with zero attached hydrogens (tertiary/aromatic N) is 2. The fourth-order valence-electron chi connectivity index (χ4n) is 6.00. The summed E-state index contributed by atoms with van der Waals surface area (Å²) in [6.07, 6.45) is 9.81. The summed E-state index contributed by atoms with van der Waals surface area (Å²) in [5, 5.41) is 0. The van der Waals surface area contributed by atoms with Crippen LogP contribution >= 0.6 is 0 Å². The van der Waals surface area contributed by atoms with E-state index in [1.807, 2.05) is 22.8 Å². The van der Waals surface area contributed by atoms with E-state index in [2.05, 4.69) is 40.2 Å². The summed E-state index contributed by atoms with van der Waals surface area (Å²) < 4.78 is 7.30. The number of hydrogen-bond acceptors (Lipinski definition) is 3. The van der Waals surface area contributed by atoms with Crippen LogP contribution in [0.5, 0.6) is 5.75 Å². The molecule has 1 N–H and O–H groups in total. The molecule has 2 aliphatic rings. The number of fused-ring (bicyclic) bond motifs is 1. The average Bonchev–Trinajstić information content (AvgIpc) is 2.98. The molecule has 0 radical (unpaired) electrons. The van der Waals surface area contributed by atoms with Crippen molar-refractivity contribution >= 4 is 11.0 Å². The first-order valence-corrected chi connectivity index (χ1v) is 11.8. The maximum Gasteiger partial charge on any atom is 0.326 e. The predicted molar refractivity (Wildman–Crippen MR) is 125 cm³/mol. The number of rotatable bonds is 4. The molecule has 0 unspecified atom stereocenters. The van der Waals surface area contributed by atoms with Crippen LogP contribution in [-0.2, 0) is 5.54 Å². The minimum Gasteiger partial charge on any atom is -0.497 e. The maximum atomic E-state index is 12.8. The first-order valence-electron chi connectivity index (χ1n) is 11.8. The van der Waals surface area contributed by atoms with Gasteiger partial charge in [0.2, 0.25) is 0 Å². The zero-order chi connectivity index (χ0) is 21.3. The van der Waals surface area contributed by atoms with Gasteiger partial charge in [0.25, 0.3) is 0 Å². The van der Waals surface area contributed by atoms with Gasteiger partial charge < -0.3 is 9.72 Å². The van der Waals surface area contributed by atoms with Gasteiger partial charge in [-0.15, -0.1) is 0 Å². The third-order valence-electron chi connectivity index (χ3n) is 7.60. The molecular weight excluding hydrogens is 386 g/mol. The second kappa shape index (κ2) is 8.54. The van der Waals surface area contributed by atoms with Gasteiger partial charge in [-0.1, -0.05) is 56.0 Å². The Hall–Kier alpha value is -2.53. The van der Waals surface area contributed by atoms with Gasteiger partial charge in [-0.2, -0.15) is 0 Å². The summed E-state index contributed by atoms with van der Waals surface area (Å²) in [7, 11) is 1.65. The number of H-pyrrole nitrogens is 1. The Morgan fingerprint density at radius 2 is 1.68 bits per heavy atom. The Bertz CT molecular complexity index is 1070. The molecule has 2 heterocycles. The van der Waals surface area contributed by atoms with Crippen LogP contribution in [-0.4, -0.2) is 34.7 Å². The lowest BCUT2D eigenvalue weighted by molar-refractivity contribution is 0.0356. The Balaban J connectivity index is 1.41. The van der Waals surface area contributed by atoms with E-state index in [0.717, 1.165) is 42.7 Å². The van der Waals surface area contributed by atoms with E-state index in [9.17, 15) is 4.79 Å². The van der Waals surface area contributed by atoms with Gasteiger partial charge in [0.05, 0.1) is 18.1 Å². The summed E-state index contributed by atoms with van der Waals surface area (Å²) in [5.41, 5.74) is 3.47. The highest BCUT2D eigenvalue weighted by atomic mass is 16.5. The van der Waals surface area contributed by atoms with Crippen molar-refractivity contribution in [3.05, 3.63) is 64.6 Å². The van der Waals surface area contributed by atoms with Crippen molar-refractivity contribution in [3.63, 3.8) is 0 Å². The van der Waals surface area contributed by atoms with Crippen molar-refractivity contribution in [2.75, 3.05) is 20.2 Å². The minimum atomic E-state index is -0.00561. The van der Waals surface area contributed by atoms with Crippen LogP contribution in [0.3, 0.4) is 0 Å².